The molecule has 0 amide bonds. The third-order valence-electron chi connectivity index (χ3n) is 3.03. The minimum atomic E-state index is 0.161. The van der Waals surface area contributed by atoms with Crippen LogP contribution in [-0.4, -0.2) is 42.8 Å². The Morgan fingerprint density at radius 1 is 1.47 bits per heavy atom. The van der Waals surface area contributed by atoms with Gasteiger partial charge >= 0.3 is 0 Å². The number of rotatable bonds is 2. The minimum absolute atomic E-state index is 0.161. The van der Waals surface area contributed by atoms with E-state index < -0.39 is 0 Å². The molecule has 0 radical (unpaired) electrons. The average molecular weight is 256 g/mol. The molecule has 1 aliphatic heterocycles. The van der Waals surface area contributed by atoms with E-state index in [1.54, 1.807) is 19.5 Å². The van der Waals surface area contributed by atoms with Gasteiger partial charge in [0.15, 0.2) is 0 Å². The Hall–Kier alpha value is -2.11. The van der Waals surface area contributed by atoms with E-state index in [1.807, 2.05) is 0 Å². The lowest BCUT2D eigenvalue weighted by Gasteiger charge is -2.27. The summed E-state index contributed by atoms with van der Waals surface area (Å²) in [5.41, 5.74) is 0.654. The second kappa shape index (κ2) is 6.72. The van der Waals surface area contributed by atoms with Gasteiger partial charge in [-0.15, -0.1) is 0 Å². The smallest absolute Gasteiger partial charge is 0.227 e. The van der Waals surface area contributed by atoms with E-state index in [0.717, 1.165) is 31.7 Å². The van der Waals surface area contributed by atoms with Crippen molar-refractivity contribution < 1.29 is 4.74 Å². The fourth-order valence-electron chi connectivity index (χ4n) is 1.99. The summed E-state index contributed by atoms with van der Waals surface area (Å²) in [5, 5.41) is 0. The van der Waals surface area contributed by atoms with Crippen LogP contribution >= 0.6 is 0 Å². The van der Waals surface area contributed by atoms with Crippen molar-refractivity contribution >= 4 is 5.82 Å². The number of methoxy groups -OCH3 is 1. The van der Waals surface area contributed by atoms with Crippen molar-refractivity contribution in [3.8, 4) is 11.8 Å². The summed E-state index contributed by atoms with van der Waals surface area (Å²) >= 11 is 0. The van der Waals surface area contributed by atoms with Crippen LogP contribution in [-0.2, 0) is 4.74 Å². The van der Waals surface area contributed by atoms with Crippen molar-refractivity contribution in [2.24, 2.45) is 0 Å². The molecule has 0 spiro atoms. The zero-order chi connectivity index (χ0) is 13.5. The first-order valence-corrected chi connectivity index (χ1v) is 6.25. The summed E-state index contributed by atoms with van der Waals surface area (Å²) in [6, 6.07) is 0.161. The van der Waals surface area contributed by atoms with Crippen molar-refractivity contribution in [2.75, 3.05) is 31.7 Å². The number of anilines is 1. The monoisotopic (exact) mass is 256 g/mol. The molecule has 1 aromatic rings. The molecule has 2 rings (SSSR count). The van der Waals surface area contributed by atoms with Crippen LogP contribution in [0.2, 0.25) is 0 Å². The van der Waals surface area contributed by atoms with Crippen LogP contribution in [0.5, 0.6) is 0 Å². The molecule has 0 aromatic carbocycles. The molecule has 5 nitrogen and oxygen atoms in total. The van der Waals surface area contributed by atoms with Gasteiger partial charge in [0.05, 0.1) is 12.4 Å². The highest BCUT2D eigenvalue weighted by Gasteiger charge is 2.23. The van der Waals surface area contributed by atoms with Crippen molar-refractivity contribution in [3.63, 3.8) is 0 Å². The van der Waals surface area contributed by atoms with Gasteiger partial charge in [-0.3, -0.25) is 4.98 Å². The van der Waals surface area contributed by atoms with Crippen molar-refractivity contribution in [2.45, 2.75) is 18.9 Å². The van der Waals surface area contributed by atoms with E-state index in [9.17, 15) is 0 Å². The van der Waals surface area contributed by atoms with Crippen LogP contribution in [0.3, 0.4) is 0 Å². The summed E-state index contributed by atoms with van der Waals surface area (Å²) in [4.78, 5) is 14.4. The van der Waals surface area contributed by atoms with Crippen LogP contribution in [0.4, 0.5) is 5.82 Å². The molecule has 98 valence electrons. The van der Waals surface area contributed by atoms with Gasteiger partial charge in [0.1, 0.15) is 18.1 Å². The molecule has 0 N–H and O–H groups in total. The van der Waals surface area contributed by atoms with Gasteiger partial charge in [-0.2, -0.15) is 0 Å². The molecule has 1 aliphatic rings. The third kappa shape index (κ3) is 3.67. The molecule has 0 atom stereocenters. The van der Waals surface area contributed by atoms with Crippen LogP contribution in [0.15, 0.2) is 12.4 Å². The molecule has 19 heavy (non-hydrogen) atoms. The number of aromatic nitrogens is 2. The summed E-state index contributed by atoms with van der Waals surface area (Å²) in [6.45, 7) is 9.15. The van der Waals surface area contributed by atoms with Crippen molar-refractivity contribution in [1.29, 1.82) is 0 Å². The normalized spacial score (nSPS) is 15.5. The largest absolute Gasteiger partial charge is 0.372 e. The Morgan fingerprint density at radius 3 is 2.95 bits per heavy atom. The van der Waals surface area contributed by atoms with Gasteiger partial charge in [-0.05, 0) is 5.92 Å². The first-order valence-electron chi connectivity index (χ1n) is 6.25. The van der Waals surface area contributed by atoms with Gasteiger partial charge in [0, 0.05) is 33.0 Å². The van der Waals surface area contributed by atoms with E-state index in [0.29, 0.717) is 12.3 Å². The highest BCUT2D eigenvalue weighted by atomic mass is 16.5. The fourth-order valence-corrected chi connectivity index (χ4v) is 1.99. The molecular formula is C14H16N4O. The number of piperidine rings is 1. The van der Waals surface area contributed by atoms with Crippen LogP contribution < -0.4 is 4.90 Å². The zero-order valence-electron chi connectivity index (χ0n) is 11.0. The Labute approximate surface area is 113 Å². The molecular weight excluding hydrogens is 240 g/mol. The predicted molar refractivity (Wildman–Crippen MR) is 72.6 cm³/mol. The van der Waals surface area contributed by atoms with Crippen molar-refractivity contribution in [3.05, 3.63) is 29.5 Å². The van der Waals surface area contributed by atoms with Gasteiger partial charge in [0.2, 0.25) is 6.04 Å². The molecule has 1 fully saturated rings. The number of nitrogens with zero attached hydrogens (tertiary/aromatic N) is 4. The SMILES string of the molecule is [C-]#[N+]C1CCN(c2cncc(C#CCOC)n2)CC1. The molecule has 2 heterocycles. The van der Waals surface area contributed by atoms with E-state index >= 15 is 0 Å². The van der Waals surface area contributed by atoms with Gasteiger partial charge in [-0.1, -0.05) is 5.92 Å². The lowest BCUT2D eigenvalue weighted by Crippen LogP contribution is -2.35. The summed E-state index contributed by atoms with van der Waals surface area (Å²) in [5.74, 6) is 6.63. The zero-order valence-corrected chi connectivity index (χ0v) is 11.0. The lowest BCUT2D eigenvalue weighted by molar-refractivity contribution is 0.240. The first kappa shape index (κ1) is 13.3. The Bertz CT molecular complexity index is 518. The maximum absolute atomic E-state index is 7.04. The lowest BCUT2D eigenvalue weighted by atomic mass is 10.1. The second-order valence-corrected chi connectivity index (χ2v) is 4.34. The van der Waals surface area contributed by atoms with Crippen LogP contribution in [0.1, 0.15) is 18.5 Å². The van der Waals surface area contributed by atoms with E-state index in [1.165, 1.54) is 0 Å². The molecule has 0 unspecified atom stereocenters. The summed E-state index contributed by atoms with van der Waals surface area (Å²) < 4.78 is 4.87. The summed E-state index contributed by atoms with van der Waals surface area (Å²) in [7, 11) is 1.61. The standard InChI is InChI=1S/C14H16N4O/c1-15-12-5-7-18(8-6-12)14-11-16-10-13(17-14)4-3-9-19-2/h10-12H,5-9H2,2H3. The topological polar surface area (TPSA) is 42.6 Å². The molecule has 0 bridgehead atoms. The first-order chi connectivity index (χ1) is 9.33. The number of hydrogen-bond donors (Lipinski definition) is 0. The molecule has 5 heteroatoms. The molecule has 0 aliphatic carbocycles. The van der Waals surface area contributed by atoms with Gasteiger partial charge < -0.3 is 14.5 Å². The maximum atomic E-state index is 7.04. The van der Waals surface area contributed by atoms with Crippen LogP contribution in [0.25, 0.3) is 4.85 Å². The number of ether oxygens (including phenoxy) is 1. The van der Waals surface area contributed by atoms with Gasteiger partial charge in [0.25, 0.3) is 0 Å². The fraction of sp³-hybridized carbons (Fsp3) is 0.500. The van der Waals surface area contributed by atoms with E-state index in [-0.39, 0.29) is 6.04 Å². The third-order valence-corrected chi connectivity index (χ3v) is 3.03. The molecule has 0 saturated carbocycles. The Morgan fingerprint density at radius 2 is 2.26 bits per heavy atom. The highest BCUT2D eigenvalue weighted by Crippen LogP contribution is 2.18. The summed E-state index contributed by atoms with van der Waals surface area (Å²) in [6.07, 6.45) is 5.19. The van der Waals surface area contributed by atoms with Gasteiger partial charge in [-0.25, -0.2) is 11.6 Å². The van der Waals surface area contributed by atoms with E-state index in [2.05, 4.69) is 31.6 Å². The highest BCUT2D eigenvalue weighted by molar-refractivity contribution is 5.40. The van der Waals surface area contributed by atoms with E-state index in [4.69, 9.17) is 11.3 Å². The van der Waals surface area contributed by atoms with Crippen molar-refractivity contribution in [1.82, 2.24) is 9.97 Å². The predicted octanol–water partition coefficient (Wildman–Crippen LogP) is 1.36. The number of hydrogen-bond acceptors (Lipinski definition) is 4. The molecule has 1 aromatic heterocycles. The minimum Gasteiger partial charge on any atom is -0.372 e. The Kier molecular flexibility index (Phi) is 4.72. The second-order valence-electron chi connectivity index (χ2n) is 4.34. The molecule has 1 saturated heterocycles. The average Bonchev–Trinajstić information content (AvgIpc) is 2.48. The van der Waals surface area contributed by atoms with Crippen LogP contribution in [0, 0.1) is 18.4 Å². The Balaban J connectivity index is 2.04. The maximum Gasteiger partial charge on any atom is 0.227 e. The quantitative estimate of drug-likeness (QED) is 0.592.